The number of piperidine rings is 1. The van der Waals surface area contributed by atoms with E-state index in [1.807, 2.05) is 53.7 Å². The number of aromatic nitrogens is 5. The maximum atomic E-state index is 13.6. The number of carbonyl (C=O) groups excluding carboxylic acids is 1. The molecule has 39 heavy (non-hydrogen) atoms. The number of likely N-dealkylation sites (tertiary alicyclic amines) is 1. The molecule has 1 fully saturated rings. The first-order valence-electron chi connectivity index (χ1n) is 13.7. The normalized spacial score (nSPS) is 13.7. The summed E-state index contributed by atoms with van der Waals surface area (Å²) in [6.45, 7) is 7.48. The molecule has 0 saturated carbocycles. The Morgan fingerprint density at radius 2 is 1.82 bits per heavy atom. The Morgan fingerprint density at radius 1 is 1.00 bits per heavy atom. The molecule has 8 heteroatoms. The largest absolute Gasteiger partial charge is 0.337 e. The van der Waals surface area contributed by atoms with Gasteiger partial charge in [-0.2, -0.15) is 5.10 Å². The van der Waals surface area contributed by atoms with Crippen LogP contribution < -0.4 is 5.32 Å². The minimum atomic E-state index is -0.00737. The average Bonchev–Trinajstić information content (AvgIpc) is 3.61. The highest BCUT2D eigenvalue weighted by Gasteiger charge is 2.26. The lowest BCUT2D eigenvalue weighted by Gasteiger charge is -2.26. The third-order valence-electron chi connectivity index (χ3n) is 7.59. The molecule has 4 heterocycles. The molecule has 1 aliphatic heterocycles. The summed E-state index contributed by atoms with van der Waals surface area (Å²) >= 11 is 0. The number of nitrogens with one attached hydrogen (secondary N) is 3. The lowest BCUT2D eigenvalue weighted by molar-refractivity contribution is 0.0720. The molecule has 5 aromatic rings. The van der Waals surface area contributed by atoms with Crippen LogP contribution in [0.2, 0.25) is 0 Å². The van der Waals surface area contributed by atoms with Crippen LogP contribution in [0, 0.1) is 6.92 Å². The van der Waals surface area contributed by atoms with Gasteiger partial charge >= 0.3 is 0 Å². The van der Waals surface area contributed by atoms with Gasteiger partial charge in [0.05, 0.1) is 5.52 Å². The first-order chi connectivity index (χ1) is 19.1. The number of rotatable bonds is 7. The number of hydrogen-bond acceptors (Lipinski definition) is 5. The molecular formula is C31H33N7O. The Labute approximate surface area is 227 Å². The summed E-state index contributed by atoms with van der Waals surface area (Å²) in [7, 11) is 0. The Morgan fingerprint density at radius 3 is 2.62 bits per heavy atom. The van der Waals surface area contributed by atoms with Crippen LogP contribution in [0.25, 0.3) is 44.8 Å². The third kappa shape index (κ3) is 4.83. The van der Waals surface area contributed by atoms with Crippen LogP contribution in [-0.4, -0.2) is 55.6 Å². The second-order valence-electron chi connectivity index (χ2n) is 10.1. The van der Waals surface area contributed by atoms with Gasteiger partial charge in [-0.15, -0.1) is 0 Å². The van der Waals surface area contributed by atoms with E-state index in [0.717, 1.165) is 73.0 Å². The molecule has 0 aliphatic carbocycles. The standard InChI is InChI=1S/C31H33N7O/c1-3-32-17-23-18-33-19-25(20(23)2)22-12-13-26-24(16-22)28(37-36-26)30-34-27(21-10-6-4-7-11-21)29(35-30)31(39)38-14-8-5-9-15-38/h4,6-7,10-13,16,18-19,32H,3,5,8-9,14-15,17H2,1-2H3,(H,34,35)(H,36,37). The maximum absolute atomic E-state index is 13.6. The highest BCUT2D eigenvalue weighted by Crippen LogP contribution is 2.33. The van der Waals surface area contributed by atoms with Crippen molar-refractivity contribution in [3.63, 3.8) is 0 Å². The second-order valence-corrected chi connectivity index (χ2v) is 10.1. The van der Waals surface area contributed by atoms with Gasteiger partial charge in [0, 0.05) is 48.5 Å². The molecule has 0 radical (unpaired) electrons. The molecule has 0 unspecified atom stereocenters. The number of carbonyl (C=O) groups is 1. The van der Waals surface area contributed by atoms with Crippen molar-refractivity contribution in [2.24, 2.45) is 0 Å². The minimum Gasteiger partial charge on any atom is -0.337 e. The van der Waals surface area contributed by atoms with Gasteiger partial charge in [-0.05, 0) is 61.6 Å². The van der Waals surface area contributed by atoms with Gasteiger partial charge in [0.25, 0.3) is 5.91 Å². The van der Waals surface area contributed by atoms with Crippen LogP contribution in [0.1, 0.15) is 47.8 Å². The first-order valence-corrected chi connectivity index (χ1v) is 13.7. The van der Waals surface area contributed by atoms with E-state index in [1.165, 1.54) is 11.1 Å². The van der Waals surface area contributed by atoms with Crippen LogP contribution in [0.5, 0.6) is 0 Å². The number of nitrogens with zero attached hydrogens (tertiary/aromatic N) is 4. The zero-order chi connectivity index (χ0) is 26.8. The summed E-state index contributed by atoms with van der Waals surface area (Å²) in [6.07, 6.45) is 7.08. The molecule has 8 nitrogen and oxygen atoms in total. The summed E-state index contributed by atoms with van der Waals surface area (Å²) in [5.74, 6) is 0.570. The third-order valence-corrected chi connectivity index (χ3v) is 7.59. The average molecular weight is 520 g/mol. The Hall–Kier alpha value is -4.30. The minimum absolute atomic E-state index is 0.00737. The number of fused-ring (bicyclic) bond motifs is 1. The number of imidazole rings is 1. The summed E-state index contributed by atoms with van der Waals surface area (Å²) in [6, 6.07) is 16.1. The van der Waals surface area contributed by atoms with Gasteiger partial charge in [0.1, 0.15) is 17.1 Å². The highest BCUT2D eigenvalue weighted by atomic mass is 16.2. The van der Waals surface area contributed by atoms with Crippen LogP contribution in [0.4, 0.5) is 0 Å². The number of H-pyrrole nitrogens is 2. The molecule has 1 saturated heterocycles. The van der Waals surface area contributed by atoms with Gasteiger partial charge in [-0.25, -0.2) is 4.98 Å². The molecule has 0 spiro atoms. The Balaban J connectivity index is 1.44. The van der Waals surface area contributed by atoms with E-state index in [1.54, 1.807) is 0 Å². The van der Waals surface area contributed by atoms with Crippen LogP contribution in [0.15, 0.2) is 60.9 Å². The van der Waals surface area contributed by atoms with Gasteiger partial charge in [-0.3, -0.25) is 14.9 Å². The Bertz CT molecular complexity index is 1610. The van der Waals surface area contributed by atoms with E-state index in [4.69, 9.17) is 4.98 Å². The molecule has 1 amide bonds. The van der Waals surface area contributed by atoms with Gasteiger partial charge in [0.2, 0.25) is 0 Å². The number of hydrogen-bond donors (Lipinski definition) is 3. The zero-order valence-corrected chi connectivity index (χ0v) is 22.4. The number of pyridine rings is 1. The van der Waals surface area contributed by atoms with E-state index in [-0.39, 0.29) is 5.91 Å². The predicted octanol–water partition coefficient (Wildman–Crippen LogP) is 5.73. The summed E-state index contributed by atoms with van der Waals surface area (Å²) in [4.78, 5) is 28.4. The number of benzene rings is 2. The van der Waals surface area contributed by atoms with Crippen molar-refractivity contribution >= 4 is 16.8 Å². The summed E-state index contributed by atoms with van der Waals surface area (Å²) in [5, 5.41) is 12.1. The predicted molar refractivity (Wildman–Crippen MR) is 154 cm³/mol. The topological polar surface area (TPSA) is 103 Å². The molecule has 1 aliphatic rings. The smallest absolute Gasteiger partial charge is 0.272 e. The molecule has 198 valence electrons. The van der Waals surface area contributed by atoms with Gasteiger partial charge < -0.3 is 15.2 Å². The lowest BCUT2D eigenvalue weighted by atomic mass is 9.98. The molecule has 3 aromatic heterocycles. The first kappa shape index (κ1) is 25.0. The van der Waals surface area contributed by atoms with Crippen molar-refractivity contribution in [2.45, 2.75) is 39.7 Å². The molecular weight excluding hydrogens is 486 g/mol. The van der Waals surface area contributed by atoms with E-state index in [9.17, 15) is 4.79 Å². The van der Waals surface area contributed by atoms with Crippen molar-refractivity contribution in [3.05, 3.63) is 77.7 Å². The number of aromatic amines is 2. The van der Waals surface area contributed by atoms with Crippen molar-refractivity contribution < 1.29 is 4.79 Å². The highest BCUT2D eigenvalue weighted by molar-refractivity contribution is 6.00. The number of amides is 1. The maximum Gasteiger partial charge on any atom is 0.272 e. The van der Waals surface area contributed by atoms with Crippen LogP contribution in [0.3, 0.4) is 0 Å². The van der Waals surface area contributed by atoms with Gasteiger partial charge in [-0.1, -0.05) is 43.3 Å². The molecule has 0 bridgehead atoms. The van der Waals surface area contributed by atoms with E-state index in [0.29, 0.717) is 22.9 Å². The van der Waals surface area contributed by atoms with E-state index in [2.05, 4.69) is 51.5 Å². The lowest BCUT2D eigenvalue weighted by Crippen LogP contribution is -2.36. The summed E-state index contributed by atoms with van der Waals surface area (Å²) in [5.41, 5.74) is 8.21. The SMILES string of the molecule is CCNCc1cncc(-c2ccc3[nH]nc(-c4nc(-c5ccccc5)c(C(=O)N5CCCCC5)[nH]4)c3c2)c1C. The van der Waals surface area contributed by atoms with Crippen LogP contribution >= 0.6 is 0 Å². The van der Waals surface area contributed by atoms with Gasteiger partial charge in [0.15, 0.2) is 5.82 Å². The van der Waals surface area contributed by atoms with E-state index >= 15 is 0 Å². The fourth-order valence-corrected chi connectivity index (χ4v) is 5.36. The quantitative estimate of drug-likeness (QED) is 0.255. The van der Waals surface area contributed by atoms with Crippen molar-refractivity contribution in [1.29, 1.82) is 0 Å². The van der Waals surface area contributed by atoms with Crippen molar-refractivity contribution in [3.8, 4) is 33.9 Å². The monoisotopic (exact) mass is 519 g/mol. The summed E-state index contributed by atoms with van der Waals surface area (Å²) < 4.78 is 0. The fraction of sp³-hybridized carbons (Fsp3) is 0.290. The molecule has 0 atom stereocenters. The van der Waals surface area contributed by atoms with Crippen molar-refractivity contribution in [2.75, 3.05) is 19.6 Å². The van der Waals surface area contributed by atoms with Crippen LogP contribution in [-0.2, 0) is 6.54 Å². The zero-order valence-electron chi connectivity index (χ0n) is 22.4. The second kappa shape index (κ2) is 10.8. The fourth-order valence-electron chi connectivity index (χ4n) is 5.36. The Kier molecular flexibility index (Phi) is 6.94. The van der Waals surface area contributed by atoms with E-state index < -0.39 is 0 Å². The van der Waals surface area contributed by atoms with Crippen molar-refractivity contribution in [1.82, 2.24) is 35.4 Å². The molecule has 3 N–H and O–H groups in total. The molecule has 6 rings (SSSR count). The molecule has 2 aromatic carbocycles.